The van der Waals surface area contributed by atoms with Gasteiger partial charge in [-0.2, -0.15) is 0 Å². The van der Waals surface area contributed by atoms with E-state index in [1.807, 2.05) is 0 Å². The number of carbonyl (C=O) groups is 2. The van der Waals surface area contributed by atoms with E-state index in [1.54, 1.807) is 4.90 Å². The summed E-state index contributed by atoms with van der Waals surface area (Å²) < 4.78 is 11.7. The molecule has 2 heterocycles. The van der Waals surface area contributed by atoms with Gasteiger partial charge in [0, 0.05) is 17.3 Å². The van der Waals surface area contributed by atoms with Gasteiger partial charge in [-0.3, -0.25) is 9.69 Å². The standard InChI is InChI=1S/C44H51NO4/c1-42(2,3)40-45-39(46)43(31-44(45,32-49-40)41(47)48-4,29-17-27-37(33-19-9-5-10-20-33)34-21-11-6-12-22-34)30-18-28-38(35-23-13-7-14-24-35)36-25-15-8-16-26-36/h5-16,19-26,37-38,40H,17-18,27-32H2,1-4H3/t40-,44+/m0/s1. The fraction of sp³-hybridized carbons (Fsp3) is 0.409. The molecule has 6 rings (SSSR count). The Morgan fingerprint density at radius 2 is 1.12 bits per heavy atom. The fourth-order valence-electron chi connectivity index (χ4n) is 8.57. The van der Waals surface area contributed by atoms with Crippen molar-refractivity contribution in [1.29, 1.82) is 0 Å². The second kappa shape index (κ2) is 14.7. The van der Waals surface area contributed by atoms with Crippen molar-refractivity contribution in [3.63, 3.8) is 0 Å². The molecule has 2 saturated heterocycles. The van der Waals surface area contributed by atoms with Crippen LogP contribution in [-0.2, 0) is 19.1 Å². The van der Waals surface area contributed by atoms with E-state index in [-0.39, 0.29) is 35.7 Å². The maximum Gasteiger partial charge on any atom is 0.334 e. The molecule has 0 bridgehead atoms. The second-order valence-electron chi connectivity index (χ2n) is 15.2. The van der Waals surface area contributed by atoms with Crippen LogP contribution in [0.15, 0.2) is 121 Å². The molecular formula is C44H51NO4. The molecule has 4 aromatic carbocycles. The number of carbonyl (C=O) groups excluding carboxylic acids is 2. The summed E-state index contributed by atoms with van der Waals surface area (Å²) in [6, 6.07) is 42.7. The number of nitrogens with zero attached hydrogens (tertiary/aromatic N) is 1. The van der Waals surface area contributed by atoms with Crippen LogP contribution in [0.4, 0.5) is 0 Å². The minimum absolute atomic E-state index is 0.0438. The zero-order valence-electron chi connectivity index (χ0n) is 29.5. The van der Waals surface area contributed by atoms with Crippen molar-refractivity contribution in [3.05, 3.63) is 144 Å². The van der Waals surface area contributed by atoms with E-state index in [9.17, 15) is 4.79 Å². The van der Waals surface area contributed by atoms with Gasteiger partial charge in [0.2, 0.25) is 5.91 Å². The summed E-state index contributed by atoms with van der Waals surface area (Å²) in [5, 5.41) is 0. The van der Waals surface area contributed by atoms with Crippen molar-refractivity contribution >= 4 is 11.9 Å². The zero-order valence-corrected chi connectivity index (χ0v) is 29.5. The van der Waals surface area contributed by atoms with Crippen molar-refractivity contribution in [3.8, 4) is 0 Å². The van der Waals surface area contributed by atoms with Crippen LogP contribution in [0.25, 0.3) is 0 Å². The van der Waals surface area contributed by atoms with E-state index in [1.165, 1.54) is 29.4 Å². The van der Waals surface area contributed by atoms with Crippen molar-refractivity contribution in [2.75, 3.05) is 13.7 Å². The molecule has 1 amide bonds. The molecule has 0 unspecified atom stereocenters. The molecule has 0 N–H and O–H groups in total. The Morgan fingerprint density at radius 3 is 1.47 bits per heavy atom. The maximum absolute atomic E-state index is 15.1. The molecule has 4 aromatic rings. The van der Waals surface area contributed by atoms with Gasteiger partial charge < -0.3 is 9.47 Å². The predicted octanol–water partition coefficient (Wildman–Crippen LogP) is 9.52. The topological polar surface area (TPSA) is 55.8 Å². The average Bonchev–Trinajstić information content (AvgIpc) is 3.63. The Balaban J connectivity index is 1.31. The molecule has 0 aromatic heterocycles. The Morgan fingerprint density at radius 1 is 0.735 bits per heavy atom. The van der Waals surface area contributed by atoms with Gasteiger partial charge >= 0.3 is 5.97 Å². The molecule has 2 fully saturated rings. The highest BCUT2D eigenvalue weighted by Gasteiger charge is 2.69. The monoisotopic (exact) mass is 657 g/mol. The molecule has 2 atom stereocenters. The zero-order chi connectivity index (χ0) is 34.5. The number of rotatable bonds is 13. The third-order valence-corrected chi connectivity index (χ3v) is 10.9. The van der Waals surface area contributed by atoms with Gasteiger partial charge in [0.25, 0.3) is 0 Å². The molecule has 0 spiro atoms. The number of hydrogen-bond donors (Lipinski definition) is 0. The predicted molar refractivity (Wildman–Crippen MR) is 195 cm³/mol. The fourth-order valence-corrected chi connectivity index (χ4v) is 8.57. The lowest BCUT2D eigenvalue weighted by Gasteiger charge is -2.37. The van der Waals surface area contributed by atoms with Gasteiger partial charge in [-0.05, 0) is 54.4 Å². The Bertz CT molecular complexity index is 1500. The van der Waals surface area contributed by atoms with E-state index >= 15 is 4.79 Å². The van der Waals surface area contributed by atoms with Gasteiger partial charge in [0.1, 0.15) is 6.23 Å². The maximum atomic E-state index is 15.1. The van der Waals surface area contributed by atoms with Crippen LogP contribution in [-0.4, -0.2) is 42.3 Å². The summed E-state index contributed by atoms with van der Waals surface area (Å²) in [6.07, 6.45) is 4.85. The lowest BCUT2D eigenvalue weighted by atomic mass is 9.71. The first-order valence-electron chi connectivity index (χ1n) is 17.9. The molecular weight excluding hydrogens is 606 g/mol. The number of benzene rings is 4. The number of ether oxygens (including phenoxy) is 2. The van der Waals surface area contributed by atoms with E-state index < -0.39 is 17.2 Å². The van der Waals surface area contributed by atoms with Gasteiger partial charge in [-0.1, -0.05) is 155 Å². The number of esters is 1. The molecule has 0 radical (unpaired) electrons. The molecule has 5 heteroatoms. The van der Waals surface area contributed by atoms with Crippen molar-refractivity contribution in [1.82, 2.24) is 4.90 Å². The van der Waals surface area contributed by atoms with Gasteiger partial charge in [0.15, 0.2) is 5.54 Å². The Hall–Kier alpha value is -4.22. The Kier molecular flexibility index (Phi) is 10.4. The Labute approximate surface area is 292 Å². The normalized spacial score (nSPS) is 20.2. The van der Waals surface area contributed by atoms with Crippen molar-refractivity contribution in [2.45, 2.75) is 89.3 Å². The third-order valence-electron chi connectivity index (χ3n) is 10.9. The first kappa shape index (κ1) is 34.6. The van der Waals surface area contributed by atoms with Crippen LogP contribution < -0.4 is 0 Å². The summed E-state index contributed by atoms with van der Waals surface area (Å²) in [5.74, 6) is 0.114. The first-order valence-corrected chi connectivity index (χ1v) is 17.9. The summed E-state index contributed by atoms with van der Waals surface area (Å²) in [6.45, 7) is 6.40. The molecule has 0 aliphatic carbocycles. The van der Waals surface area contributed by atoms with Crippen LogP contribution >= 0.6 is 0 Å². The molecule has 0 saturated carbocycles. The van der Waals surface area contributed by atoms with E-state index in [0.29, 0.717) is 19.3 Å². The van der Waals surface area contributed by atoms with Crippen LogP contribution in [0.2, 0.25) is 0 Å². The van der Waals surface area contributed by atoms with Crippen LogP contribution in [0.3, 0.4) is 0 Å². The quantitative estimate of drug-likeness (QED) is 0.134. The highest BCUT2D eigenvalue weighted by molar-refractivity contribution is 5.96. The van der Waals surface area contributed by atoms with Gasteiger partial charge in [0.05, 0.1) is 19.1 Å². The summed E-state index contributed by atoms with van der Waals surface area (Å²) in [5.41, 5.74) is 2.95. The van der Waals surface area contributed by atoms with E-state index in [2.05, 4.69) is 142 Å². The summed E-state index contributed by atoms with van der Waals surface area (Å²) >= 11 is 0. The largest absolute Gasteiger partial charge is 0.467 e. The number of methoxy groups -OCH3 is 1. The summed E-state index contributed by atoms with van der Waals surface area (Å²) in [4.78, 5) is 30.6. The minimum Gasteiger partial charge on any atom is -0.467 e. The lowest BCUT2D eigenvalue weighted by Crippen LogP contribution is -2.54. The van der Waals surface area contributed by atoms with Gasteiger partial charge in [-0.25, -0.2) is 4.79 Å². The van der Waals surface area contributed by atoms with Crippen LogP contribution in [0, 0.1) is 10.8 Å². The molecule has 256 valence electrons. The van der Waals surface area contributed by atoms with Crippen LogP contribution in [0.5, 0.6) is 0 Å². The molecule has 2 aliphatic rings. The SMILES string of the molecule is COC(=O)[C@@]12CO[C@@H](C(C)(C)C)N1C(=O)C(CCCC(c1ccccc1)c1ccccc1)(CCCC(c1ccccc1)c1ccccc1)C2. The smallest absolute Gasteiger partial charge is 0.334 e. The summed E-state index contributed by atoms with van der Waals surface area (Å²) in [7, 11) is 1.43. The first-order chi connectivity index (χ1) is 23.7. The second-order valence-corrected chi connectivity index (χ2v) is 15.2. The number of hydrogen-bond acceptors (Lipinski definition) is 4. The molecule has 5 nitrogen and oxygen atoms in total. The van der Waals surface area contributed by atoms with Gasteiger partial charge in [-0.15, -0.1) is 0 Å². The third kappa shape index (κ3) is 7.10. The van der Waals surface area contributed by atoms with E-state index in [4.69, 9.17) is 9.47 Å². The van der Waals surface area contributed by atoms with E-state index in [0.717, 1.165) is 25.7 Å². The highest BCUT2D eigenvalue weighted by Crippen LogP contribution is 2.55. The molecule has 49 heavy (non-hydrogen) atoms. The van der Waals surface area contributed by atoms with Crippen molar-refractivity contribution in [2.24, 2.45) is 10.8 Å². The average molecular weight is 658 g/mol. The number of amides is 1. The molecule has 2 aliphatic heterocycles. The number of fused-ring (bicyclic) bond motifs is 1. The highest BCUT2D eigenvalue weighted by atomic mass is 16.6. The lowest BCUT2D eigenvalue weighted by molar-refractivity contribution is -0.159. The van der Waals surface area contributed by atoms with Crippen LogP contribution in [0.1, 0.15) is 99.8 Å². The minimum atomic E-state index is -1.11. The van der Waals surface area contributed by atoms with Crippen molar-refractivity contribution < 1.29 is 19.1 Å².